The van der Waals surface area contributed by atoms with E-state index in [1.165, 1.54) is 0 Å². The Morgan fingerprint density at radius 3 is 3.00 bits per heavy atom. The first kappa shape index (κ1) is 20.7. The van der Waals surface area contributed by atoms with Crippen molar-refractivity contribution in [2.45, 2.75) is 13.0 Å². The topological polar surface area (TPSA) is 114 Å². The lowest BCUT2D eigenvalue weighted by atomic mass is 10.1. The molecule has 6 rings (SSSR count). The Morgan fingerprint density at radius 1 is 1.26 bits per heavy atom. The van der Waals surface area contributed by atoms with E-state index in [1.54, 1.807) is 17.4 Å². The number of para-hydroxylation sites is 2. The van der Waals surface area contributed by atoms with Crippen molar-refractivity contribution in [3.8, 4) is 11.5 Å². The van der Waals surface area contributed by atoms with Crippen molar-refractivity contribution in [3.05, 3.63) is 52.2 Å². The molecule has 0 radical (unpaired) electrons. The number of fused-ring (bicyclic) bond motifs is 2. The largest absolute Gasteiger partial charge is 0.418 e. The van der Waals surface area contributed by atoms with Gasteiger partial charge in [0.15, 0.2) is 17.4 Å². The molecular weight excluding hydrogens is 454 g/mol. The van der Waals surface area contributed by atoms with Crippen LogP contribution in [0.1, 0.15) is 12.7 Å². The monoisotopic (exact) mass is 477 g/mol. The summed E-state index contributed by atoms with van der Waals surface area (Å²) in [4.78, 5) is 46.1. The Hall–Kier alpha value is -3.86. The third-order valence-corrected chi connectivity index (χ3v) is 7.18. The second kappa shape index (κ2) is 8.17. The number of nitrogens with zero attached hydrogens (tertiary/aromatic N) is 5. The van der Waals surface area contributed by atoms with Gasteiger partial charge in [0, 0.05) is 32.2 Å². The van der Waals surface area contributed by atoms with Crippen LogP contribution in [0.25, 0.3) is 28.6 Å². The summed E-state index contributed by atoms with van der Waals surface area (Å²) >= 11 is 1.59. The zero-order chi connectivity index (χ0) is 23.2. The zero-order valence-corrected chi connectivity index (χ0v) is 19.3. The van der Waals surface area contributed by atoms with Gasteiger partial charge < -0.3 is 24.1 Å². The number of rotatable bonds is 4. The third kappa shape index (κ3) is 3.58. The van der Waals surface area contributed by atoms with E-state index in [9.17, 15) is 9.59 Å². The molecule has 174 valence electrons. The first-order valence-corrected chi connectivity index (χ1v) is 12.0. The molecular formula is C23H23N7O3S. The number of aromatic nitrogens is 4. The Bertz CT molecular complexity index is 1410. The summed E-state index contributed by atoms with van der Waals surface area (Å²) in [6, 6.07) is 7.96. The highest BCUT2D eigenvalue weighted by Gasteiger charge is 2.31. The highest BCUT2D eigenvalue weighted by molar-refractivity contribution is 7.14. The smallest absolute Gasteiger partial charge is 0.406 e. The molecule has 0 spiro atoms. The van der Waals surface area contributed by atoms with E-state index < -0.39 is 5.76 Å². The quantitative estimate of drug-likeness (QED) is 0.464. The highest BCUT2D eigenvalue weighted by atomic mass is 32.1. The molecule has 1 fully saturated rings. The minimum Gasteiger partial charge on any atom is -0.406 e. The number of benzene rings is 1. The van der Waals surface area contributed by atoms with E-state index in [4.69, 9.17) is 9.40 Å². The maximum Gasteiger partial charge on any atom is 0.418 e. The minimum absolute atomic E-state index is 0.0232. The number of carbonyl (C=O) groups excluding carboxylic acids is 1. The molecule has 1 atom stereocenters. The van der Waals surface area contributed by atoms with Crippen molar-refractivity contribution in [3.63, 3.8) is 0 Å². The van der Waals surface area contributed by atoms with Crippen molar-refractivity contribution in [1.82, 2.24) is 24.8 Å². The number of imidazole rings is 1. The predicted molar refractivity (Wildman–Crippen MR) is 131 cm³/mol. The van der Waals surface area contributed by atoms with Crippen LogP contribution in [0.5, 0.6) is 0 Å². The first-order valence-electron chi connectivity index (χ1n) is 11.1. The summed E-state index contributed by atoms with van der Waals surface area (Å²) in [5.41, 5.74) is 4.57. The lowest BCUT2D eigenvalue weighted by Gasteiger charge is -2.41. The second-order valence-electron chi connectivity index (χ2n) is 8.50. The van der Waals surface area contributed by atoms with Crippen molar-refractivity contribution in [1.29, 1.82) is 0 Å². The first-order chi connectivity index (χ1) is 16.6. The van der Waals surface area contributed by atoms with Gasteiger partial charge in [-0.25, -0.2) is 14.8 Å². The van der Waals surface area contributed by atoms with Crippen molar-refractivity contribution in [2.24, 2.45) is 0 Å². The van der Waals surface area contributed by atoms with Crippen molar-refractivity contribution < 1.29 is 9.21 Å². The van der Waals surface area contributed by atoms with E-state index >= 15 is 0 Å². The maximum atomic E-state index is 13.2. The zero-order valence-electron chi connectivity index (χ0n) is 18.5. The van der Waals surface area contributed by atoms with Gasteiger partial charge in [-0.3, -0.25) is 9.78 Å². The van der Waals surface area contributed by atoms with Gasteiger partial charge in [-0.2, -0.15) is 0 Å². The lowest BCUT2D eigenvalue weighted by molar-refractivity contribution is -0.132. The molecule has 1 amide bonds. The summed E-state index contributed by atoms with van der Waals surface area (Å²) in [6.45, 7) is 4.81. The fourth-order valence-electron chi connectivity index (χ4n) is 4.66. The van der Waals surface area contributed by atoms with E-state index in [1.807, 2.05) is 45.7 Å². The van der Waals surface area contributed by atoms with Crippen LogP contribution in [0.2, 0.25) is 0 Å². The second-order valence-corrected chi connectivity index (χ2v) is 9.33. The molecule has 2 aliphatic rings. The van der Waals surface area contributed by atoms with Crippen LogP contribution in [-0.4, -0.2) is 69.5 Å². The maximum absolute atomic E-state index is 13.2. The molecule has 3 aromatic heterocycles. The van der Waals surface area contributed by atoms with Gasteiger partial charge in [0.25, 0.3) is 0 Å². The molecule has 0 unspecified atom stereocenters. The predicted octanol–water partition coefficient (Wildman–Crippen LogP) is 2.54. The Morgan fingerprint density at radius 2 is 2.15 bits per heavy atom. The Balaban J connectivity index is 1.16. The number of hydrogen-bond acceptors (Lipinski definition) is 8. The number of piperazine rings is 1. The molecule has 1 saturated heterocycles. The standard InChI is InChI=1S/C23H23N7O3S/c1-14-11-29(22-19(24-13-34-22)20-25-15-5-2-3-6-16(15)26-20)9-10-30(14)18(31)12-28-8-4-7-17-21(28)27-23(32)33-17/h2-7,13-14H,8-12H2,1H3,(H,25,26)(H,27,32)/t14-/m1/s1. The van der Waals surface area contributed by atoms with Gasteiger partial charge in [0.2, 0.25) is 5.91 Å². The van der Waals surface area contributed by atoms with Gasteiger partial charge in [-0.05, 0) is 25.1 Å². The van der Waals surface area contributed by atoms with E-state index in [0.717, 1.165) is 27.6 Å². The van der Waals surface area contributed by atoms with Crippen LogP contribution in [0.15, 0.2) is 45.1 Å². The van der Waals surface area contributed by atoms with Crippen molar-refractivity contribution >= 4 is 45.2 Å². The molecule has 11 heteroatoms. The fourth-order valence-corrected chi connectivity index (χ4v) is 5.49. The van der Waals surface area contributed by atoms with Crippen LogP contribution < -0.4 is 15.6 Å². The average molecular weight is 478 g/mol. The number of hydrogen-bond donors (Lipinski definition) is 2. The normalized spacial score (nSPS) is 18.0. The van der Waals surface area contributed by atoms with Crippen LogP contribution in [0.3, 0.4) is 0 Å². The van der Waals surface area contributed by atoms with E-state index in [2.05, 4.69) is 26.8 Å². The molecule has 4 aromatic rings. The number of oxazole rings is 1. The highest BCUT2D eigenvalue weighted by Crippen LogP contribution is 2.34. The summed E-state index contributed by atoms with van der Waals surface area (Å²) in [5.74, 6) is 1.29. The third-order valence-electron chi connectivity index (χ3n) is 6.29. The molecule has 34 heavy (non-hydrogen) atoms. The number of anilines is 2. The van der Waals surface area contributed by atoms with Gasteiger partial charge in [0.1, 0.15) is 10.7 Å². The van der Waals surface area contributed by atoms with Gasteiger partial charge >= 0.3 is 5.76 Å². The lowest BCUT2D eigenvalue weighted by Crippen LogP contribution is -2.56. The number of amides is 1. The fraction of sp³-hybridized carbons (Fsp3) is 0.304. The summed E-state index contributed by atoms with van der Waals surface area (Å²) < 4.78 is 5.12. The molecule has 2 N–H and O–H groups in total. The number of nitrogens with one attached hydrogen (secondary N) is 2. The molecule has 0 aliphatic carbocycles. The van der Waals surface area contributed by atoms with Gasteiger partial charge in [0.05, 0.1) is 23.1 Å². The van der Waals surface area contributed by atoms with Gasteiger partial charge in [-0.15, -0.1) is 11.3 Å². The number of aromatic amines is 2. The molecule has 1 aromatic carbocycles. The van der Waals surface area contributed by atoms with Crippen molar-refractivity contribution in [2.75, 3.05) is 42.5 Å². The molecule has 2 aliphatic heterocycles. The summed E-state index contributed by atoms with van der Waals surface area (Å²) in [5, 5.41) is 1.06. The van der Waals surface area contributed by atoms with Crippen LogP contribution in [0.4, 0.5) is 10.8 Å². The molecule has 0 bridgehead atoms. The number of H-pyrrole nitrogens is 2. The number of carbonyl (C=O) groups is 1. The molecule has 5 heterocycles. The minimum atomic E-state index is -0.513. The van der Waals surface area contributed by atoms with Gasteiger partial charge in [-0.1, -0.05) is 18.2 Å². The summed E-state index contributed by atoms with van der Waals surface area (Å²) in [6.07, 6.45) is 3.64. The van der Waals surface area contributed by atoms with Crippen LogP contribution in [-0.2, 0) is 4.79 Å². The average Bonchev–Trinajstić information content (AvgIpc) is 3.56. The van der Waals surface area contributed by atoms with E-state index in [-0.39, 0.29) is 18.5 Å². The molecule has 10 nitrogen and oxygen atoms in total. The summed E-state index contributed by atoms with van der Waals surface area (Å²) in [7, 11) is 0. The molecule has 0 saturated carbocycles. The van der Waals surface area contributed by atoms with Crippen LogP contribution >= 0.6 is 11.3 Å². The Kier molecular flexibility index (Phi) is 4.98. The Labute approximate surface area is 198 Å². The van der Waals surface area contributed by atoms with Crippen LogP contribution in [0, 0.1) is 0 Å². The SMILES string of the molecule is C[C@@H]1CN(c2scnc2-c2nc3ccccc3[nH]2)CCN1C(=O)CN1CC=Cc2oc(=O)[nH]c21. The number of thiazole rings is 1. The van der Waals surface area contributed by atoms with E-state index in [0.29, 0.717) is 37.8 Å².